The highest BCUT2D eigenvalue weighted by Gasteiger charge is 2.21. The Hall–Kier alpha value is -1.57. The largest absolute Gasteiger partial charge is 0.292 e. The van der Waals surface area contributed by atoms with Crippen molar-refractivity contribution in [2.75, 3.05) is 6.26 Å². The minimum absolute atomic E-state index is 0.164. The Bertz CT molecular complexity index is 644. The third kappa shape index (κ3) is 3.30. The number of nitriles is 1. The predicted molar refractivity (Wildman–Crippen MR) is 85.0 cm³/mol. The highest BCUT2D eigenvalue weighted by atomic mass is 79.9. The zero-order valence-electron chi connectivity index (χ0n) is 10.8. The van der Waals surface area contributed by atoms with Crippen LogP contribution in [0.15, 0.2) is 57.9 Å². The molecule has 0 spiro atoms. The van der Waals surface area contributed by atoms with Crippen molar-refractivity contribution in [1.82, 2.24) is 0 Å². The maximum absolute atomic E-state index is 12.4. The summed E-state index contributed by atoms with van der Waals surface area (Å²) in [4.78, 5) is 13.5. The minimum atomic E-state index is -0.761. The number of ketones is 1. The molecule has 0 saturated carbocycles. The smallest absolute Gasteiger partial charge is 0.184 e. The molecule has 1 unspecified atom stereocenters. The van der Waals surface area contributed by atoms with Gasteiger partial charge in [0, 0.05) is 14.9 Å². The SMILES string of the molecule is CSc1ccc(C(=O)C(C#N)c2ccc(Br)cc2)cc1. The zero-order chi connectivity index (χ0) is 14.5. The van der Waals surface area contributed by atoms with Gasteiger partial charge in [-0.1, -0.05) is 40.2 Å². The fraction of sp³-hybridized carbons (Fsp3) is 0.125. The van der Waals surface area contributed by atoms with E-state index in [9.17, 15) is 10.1 Å². The first-order valence-corrected chi connectivity index (χ1v) is 8.01. The Balaban J connectivity index is 2.29. The van der Waals surface area contributed by atoms with E-state index in [2.05, 4.69) is 22.0 Å². The Kier molecular flexibility index (Phi) is 4.99. The quantitative estimate of drug-likeness (QED) is 0.597. The zero-order valence-corrected chi connectivity index (χ0v) is 13.2. The lowest BCUT2D eigenvalue weighted by Gasteiger charge is -2.09. The standard InChI is InChI=1S/C16H12BrNOS/c1-20-14-8-4-12(5-9-14)16(19)15(10-18)11-2-6-13(17)7-3-11/h2-9,15H,1H3. The highest BCUT2D eigenvalue weighted by molar-refractivity contribution is 9.10. The summed E-state index contributed by atoms with van der Waals surface area (Å²) in [6.45, 7) is 0. The van der Waals surface area contributed by atoms with Crippen LogP contribution in [0.4, 0.5) is 0 Å². The molecule has 2 nitrogen and oxygen atoms in total. The molecule has 0 heterocycles. The lowest BCUT2D eigenvalue weighted by molar-refractivity contribution is 0.0979. The van der Waals surface area contributed by atoms with Gasteiger partial charge in [0.1, 0.15) is 5.92 Å². The minimum Gasteiger partial charge on any atom is -0.292 e. The fourth-order valence-corrected chi connectivity index (χ4v) is 2.53. The number of rotatable bonds is 4. The van der Waals surface area contributed by atoms with Crippen LogP contribution in [-0.4, -0.2) is 12.0 Å². The van der Waals surface area contributed by atoms with E-state index < -0.39 is 5.92 Å². The Morgan fingerprint density at radius 1 is 1.15 bits per heavy atom. The van der Waals surface area contributed by atoms with Gasteiger partial charge in [0.2, 0.25) is 0 Å². The van der Waals surface area contributed by atoms with Crippen LogP contribution in [0.1, 0.15) is 21.8 Å². The van der Waals surface area contributed by atoms with E-state index in [1.165, 1.54) is 0 Å². The summed E-state index contributed by atoms with van der Waals surface area (Å²) in [5, 5.41) is 9.29. The Labute approximate surface area is 130 Å². The van der Waals surface area contributed by atoms with Crippen molar-refractivity contribution in [3.8, 4) is 6.07 Å². The molecule has 0 aliphatic carbocycles. The van der Waals surface area contributed by atoms with E-state index in [1.807, 2.05) is 30.5 Å². The van der Waals surface area contributed by atoms with Crippen LogP contribution in [0.5, 0.6) is 0 Å². The summed E-state index contributed by atoms with van der Waals surface area (Å²) in [6, 6.07) is 16.7. The van der Waals surface area contributed by atoms with Gasteiger partial charge in [-0.15, -0.1) is 11.8 Å². The first-order chi connectivity index (χ1) is 9.65. The van der Waals surface area contributed by atoms with Gasteiger partial charge in [-0.3, -0.25) is 4.79 Å². The van der Waals surface area contributed by atoms with E-state index in [4.69, 9.17) is 0 Å². The number of benzene rings is 2. The lowest BCUT2D eigenvalue weighted by Crippen LogP contribution is -2.11. The van der Waals surface area contributed by atoms with Crippen molar-refractivity contribution in [2.45, 2.75) is 10.8 Å². The maximum Gasteiger partial charge on any atom is 0.184 e. The van der Waals surface area contributed by atoms with Gasteiger partial charge in [0.15, 0.2) is 5.78 Å². The molecule has 0 fully saturated rings. The lowest BCUT2D eigenvalue weighted by atomic mass is 9.92. The Morgan fingerprint density at radius 2 is 1.75 bits per heavy atom. The molecule has 0 amide bonds. The van der Waals surface area contributed by atoms with Crippen LogP contribution < -0.4 is 0 Å². The van der Waals surface area contributed by atoms with Crippen molar-refractivity contribution >= 4 is 33.5 Å². The second-order valence-corrected chi connectivity index (χ2v) is 6.00. The van der Waals surface area contributed by atoms with Crippen molar-refractivity contribution in [2.24, 2.45) is 0 Å². The average Bonchev–Trinajstić information content (AvgIpc) is 2.50. The molecule has 0 N–H and O–H groups in total. The van der Waals surface area contributed by atoms with Crippen LogP contribution in [0, 0.1) is 11.3 Å². The molecule has 20 heavy (non-hydrogen) atoms. The van der Waals surface area contributed by atoms with Crippen LogP contribution in [0.25, 0.3) is 0 Å². The topological polar surface area (TPSA) is 40.9 Å². The van der Waals surface area contributed by atoms with Gasteiger partial charge in [0.25, 0.3) is 0 Å². The number of hydrogen-bond acceptors (Lipinski definition) is 3. The summed E-state index contributed by atoms with van der Waals surface area (Å²) in [6.07, 6.45) is 1.98. The Morgan fingerprint density at radius 3 is 2.25 bits per heavy atom. The maximum atomic E-state index is 12.4. The van der Waals surface area contributed by atoms with Crippen LogP contribution in [0.2, 0.25) is 0 Å². The average molecular weight is 346 g/mol. The molecular formula is C16H12BrNOS. The van der Waals surface area contributed by atoms with Gasteiger partial charge in [-0.2, -0.15) is 5.26 Å². The number of nitrogens with zero attached hydrogens (tertiary/aromatic N) is 1. The second kappa shape index (κ2) is 6.74. The molecule has 0 saturated heterocycles. The summed E-state index contributed by atoms with van der Waals surface area (Å²) >= 11 is 4.96. The number of thioether (sulfide) groups is 1. The third-order valence-electron chi connectivity index (χ3n) is 2.97. The number of hydrogen-bond donors (Lipinski definition) is 0. The molecule has 2 aromatic carbocycles. The van der Waals surface area contributed by atoms with E-state index in [0.29, 0.717) is 5.56 Å². The molecule has 0 aliphatic heterocycles. The van der Waals surface area contributed by atoms with Crippen molar-refractivity contribution < 1.29 is 4.79 Å². The summed E-state index contributed by atoms with van der Waals surface area (Å²) < 4.78 is 0.926. The molecule has 2 rings (SSSR count). The number of carbonyl (C=O) groups excluding carboxylic acids is 1. The van der Waals surface area contributed by atoms with Crippen LogP contribution in [-0.2, 0) is 0 Å². The fourth-order valence-electron chi connectivity index (χ4n) is 1.86. The monoisotopic (exact) mass is 345 g/mol. The molecule has 0 aromatic heterocycles. The van der Waals surface area contributed by atoms with Crippen molar-refractivity contribution in [3.05, 3.63) is 64.1 Å². The number of halogens is 1. The molecule has 0 bridgehead atoms. The van der Waals surface area contributed by atoms with Crippen LogP contribution >= 0.6 is 27.7 Å². The molecular weight excluding hydrogens is 334 g/mol. The van der Waals surface area contributed by atoms with E-state index in [-0.39, 0.29) is 5.78 Å². The van der Waals surface area contributed by atoms with Gasteiger partial charge >= 0.3 is 0 Å². The van der Waals surface area contributed by atoms with E-state index in [0.717, 1.165) is 14.9 Å². The molecule has 100 valence electrons. The molecule has 0 aliphatic rings. The summed E-state index contributed by atoms with van der Waals surface area (Å²) in [5.41, 5.74) is 1.28. The normalized spacial score (nSPS) is 11.7. The van der Waals surface area contributed by atoms with Crippen LogP contribution in [0.3, 0.4) is 0 Å². The first kappa shape index (κ1) is 14.8. The number of Topliss-reactive ketones (excluding diaryl/α,β-unsaturated/α-hetero) is 1. The highest BCUT2D eigenvalue weighted by Crippen LogP contribution is 2.23. The molecule has 1 atom stereocenters. The first-order valence-electron chi connectivity index (χ1n) is 5.99. The van der Waals surface area contributed by atoms with Gasteiger partial charge in [-0.05, 0) is 36.1 Å². The van der Waals surface area contributed by atoms with Gasteiger partial charge < -0.3 is 0 Å². The third-order valence-corrected chi connectivity index (χ3v) is 4.24. The summed E-state index contributed by atoms with van der Waals surface area (Å²) in [7, 11) is 0. The van der Waals surface area contributed by atoms with Gasteiger partial charge in [-0.25, -0.2) is 0 Å². The molecule has 0 radical (unpaired) electrons. The van der Waals surface area contributed by atoms with E-state index >= 15 is 0 Å². The predicted octanol–water partition coefficient (Wildman–Crippen LogP) is 4.66. The number of carbonyl (C=O) groups is 1. The second-order valence-electron chi connectivity index (χ2n) is 4.21. The van der Waals surface area contributed by atoms with Crippen molar-refractivity contribution in [1.29, 1.82) is 5.26 Å². The van der Waals surface area contributed by atoms with E-state index in [1.54, 1.807) is 36.0 Å². The van der Waals surface area contributed by atoms with Crippen molar-refractivity contribution in [3.63, 3.8) is 0 Å². The van der Waals surface area contributed by atoms with Gasteiger partial charge in [0.05, 0.1) is 6.07 Å². The summed E-state index contributed by atoms with van der Waals surface area (Å²) in [5.74, 6) is -0.925. The molecule has 2 aromatic rings. The molecule has 4 heteroatoms.